The molecule has 5 nitrogen and oxygen atoms in total. The number of nitrogens with zero attached hydrogens (tertiary/aromatic N) is 3. The number of benzene rings is 9. The molecule has 1 aliphatic rings. The molecule has 0 bridgehead atoms. The molecule has 0 atom stereocenters. The van der Waals surface area contributed by atoms with Crippen molar-refractivity contribution < 1.29 is 9.15 Å². The molecule has 12 rings (SSSR count). The number of rotatable bonds is 5. The highest BCUT2D eigenvalue weighted by molar-refractivity contribution is 6.12. The van der Waals surface area contributed by atoms with Crippen molar-refractivity contribution in [1.82, 2.24) is 15.0 Å². The minimum Gasteiger partial charge on any atom is -0.456 e. The molecule has 9 aromatic carbocycles. The molecule has 0 radical (unpaired) electrons. The molecule has 11 aromatic rings. The molecule has 58 heavy (non-hydrogen) atoms. The van der Waals surface area contributed by atoms with E-state index in [0.29, 0.717) is 17.5 Å². The van der Waals surface area contributed by atoms with Crippen LogP contribution in [-0.4, -0.2) is 15.0 Å². The molecular formula is C53H31N3O2. The fourth-order valence-corrected chi connectivity index (χ4v) is 8.55. The molecule has 2 aromatic heterocycles. The number of furan rings is 1. The average Bonchev–Trinajstić information content (AvgIpc) is 3.68. The molecule has 5 heteroatoms. The highest BCUT2D eigenvalue weighted by atomic mass is 16.5. The van der Waals surface area contributed by atoms with E-state index >= 15 is 0 Å². The summed E-state index contributed by atoms with van der Waals surface area (Å²) >= 11 is 0. The van der Waals surface area contributed by atoms with Crippen LogP contribution in [0.15, 0.2) is 192 Å². The maximum Gasteiger partial charge on any atom is 0.164 e. The van der Waals surface area contributed by atoms with E-state index in [1.807, 2.05) is 42.5 Å². The van der Waals surface area contributed by atoms with Crippen molar-refractivity contribution in [2.75, 3.05) is 0 Å². The Morgan fingerprint density at radius 3 is 1.74 bits per heavy atom. The van der Waals surface area contributed by atoms with Crippen molar-refractivity contribution in [2.24, 2.45) is 0 Å². The second kappa shape index (κ2) is 12.8. The van der Waals surface area contributed by atoms with E-state index in [9.17, 15) is 0 Å². The normalized spacial score (nSPS) is 11.9. The number of ether oxygens (including phenoxy) is 1. The summed E-state index contributed by atoms with van der Waals surface area (Å²) in [6, 6.07) is 65.2. The van der Waals surface area contributed by atoms with E-state index in [1.54, 1.807) is 0 Å². The molecule has 0 saturated carbocycles. The first-order valence-corrected chi connectivity index (χ1v) is 19.4. The Morgan fingerprint density at radius 2 is 0.914 bits per heavy atom. The van der Waals surface area contributed by atoms with Crippen molar-refractivity contribution in [2.45, 2.75) is 0 Å². The van der Waals surface area contributed by atoms with Gasteiger partial charge in [0.1, 0.15) is 22.7 Å². The maximum atomic E-state index is 6.73. The zero-order valence-corrected chi connectivity index (χ0v) is 31.1. The predicted octanol–water partition coefficient (Wildman–Crippen LogP) is 14.2. The first kappa shape index (κ1) is 32.4. The van der Waals surface area contributed by atoms with Crippen LogP contribution in [0.25, 0.3) is 111 Å². The van der Waals surface area contributed by atoms with Crippen molar-refractivity contribution >= 4 is 43.5 Å². The summed E-state index contributed by atoms with van der Waals surface area (Å²) in [5, 5.41) is 6.52. The lowest BCUT2D eigenvalue weighted by atomic mass is 9.90. The van der Waals surface area contributed by atoms with Crippen LogP contribution in [0.4, 0.5) is 0 Å². The van der Waals surface area contributed by atoms with Crippen molar-refractivity contribution in [1.29, 1.82) is 0 Å². The molecule has 0 fully saturated rings. The molecule has 0 spiro atoms. The van der Waals surface area contributed by atoms with Crippen molar-refractivity contribution in [3.8, 4) is 79.0 Å². The summed E-state index contributed by atoms with van der Waals surface area (Å²) in [6.07, 6.45) is 0. The zero-order chi connectivity index (χ0) is 38.2. The van der Waals surface area contributed by atoms with E-state index in [1.165, 1.54) is 22.3 Å². The molecule has 0 saturated heterocycles. The van der Waals surface area contributed by atoms with E-state index in [4.69, 9.17) is 24.1 Å². The van der Waals surface area contributed by atoms with Gasteiger partial charge in [0.05, 0.1) is 0 Å². The van der Waals surface area contributed by atoms with Gasteiger partial charge in [-0.1, -0.05) is 146 Å². The summed E-state index contributed by atoms with van der Waals surface area (Å²) < 4.78 is 13.0. The molecule has 1 aliphatic heterocycles. The smallest absolute Gasteiger partial charge is 0.164 e. The van der Waals surface area contributed by atoms with Gasteiger partial charge in [-0.2, -0.15) is 0 Å². The van der Waals surface area contributed by atoms with Crippen LogP contribution in [0.1, 0.15) is 0 Å². The Balaban J connectivity index is 1.02. The molecule has 270 valence electrons. The number of fused-ring (bicyclic) bond motifs is 6. The molecule has 0 aliphatic carbocycles. The van der Waals surface area contributed by atoms with Crippen LogP contribution in [0, 0.1) is 0 Å². The molecule has 0 unspecified atom stereocenters. The fraction of sp³-hybridized carbons (Fsp3) is 0. The Hall–Kier alpha value is -7.89. The van der Waals surface area contributed by atoms with Crippen LogP contribution >= 0.6 is 0 Å². The summed E-state index contributed by atoms with van der Waals surface area (Å²) in [5.74, 6) is 3.30. The molecule has 3 heterocycles. The Morgan fingerprint density at radius 1 is 0.310 bits per heavy atom. The Kier molecular flexibility index (Phi) is 7.16. The first-order valence-electron chi connectivity index (χ1n) is 19.4. The third-order valence-corrected chi connectivity index (χ3v) is 11.3. The van der Waals surface area contributed by atoms with Crippen LogP contribution in [0.5, 0.6) is 11.5 Å². The van der Waals surface area contributed by atoms with Gasteiger partial charge in [0, 0.05) is 38.4 Å². The van der Waals surface area contributed by atoms with Crippen LogP contribution in [0.3, 0.4) is 0 Å². The monoisotopic (exact) mass is 741 g/mol. The van der Waals surface area contributed by atoms with Gasteiger partial charge >= 0.3 is 0 Å². The van der Waals surface area contributed by atoms with Crippen molar-refractivity contribution in [3.63, 3.8) is 0 Å². The minimum atomic E-state index is 0.555. The predicted molar refractivity (Wildman–Crippen MR) is 235 cm³/mol. The summed E-state index contributed by atoms with van der Waals surface area (Å²) in [6.45, 7) is 0. The highest BCUT2D eigenvalue weighted by Gasteiger charge is 2.24. The van der Waals surface area contributed by atoms with Crippen LogP contribution in [0.2, 0.25) is 0 Å². The maximum absolute atomic E-state index is 6.73. The van der Waals surface area contributed by atoms with E-state index < -0.39 is 0 Å². The third kappa shape index (κ3) is 5.21. The lowest BCUT2D eigenvalue weighted by Crippen LogP contribution is -2.02. The number of para-hydroxylation sites is 1. The fourth-order valence-electron chi connectivity index (χ4n) is 8.55. The van der Waals surface area contributed by atoms with Gasteiger partial charge in [0.15, 0.2) is 17.5 Å². The topological polar surface area (TPSA) is 61.0 Å². The first-order chi connectivity index (χ1) is 28.7. The standard InChI is InChI=1S/C53H31N3O2/c1-3-11-32(12-4-1)34-21-22-36-30-37(24-23-35(36)29-34)51-54-52(56-53(55-51)44-18-10-20-46-50(44)43-15-7-8-19-45(43)57-46)38-25-26-40-42-17-9-16-41-39(33-13-5-2-6-14-33)27-28-47(49(41)42)58-48(40)31-38/h1-31H. The molecule has 0 amide bonds. The van der Waals surface area contributed by atoms with Gasteiger partial charge in [-0.05, 0) is 86.4 Å². The Labute approximate surface area is 333 Å². The average molecular weight is 742 g/mol. The zero-order valence-electron chi connectivity index (χ0n) is 31.1. The summed E-state index contributed by atoms with van der Waals surface area (Å²) in [7, 11) is 0. The lowest BCUT2D eigenvalue weighted by Gasteiger charge is -2.23. The van der Waals surface area contributed by atoms with E-state index in [2.05, 4.69) is 146 Å². The second-order valence-corrected chi connectivity index (χ2v) is 14.7. The second-order valence-electron chi connectivity index (χ2n) is 14.7. The van der Waals surface area contributed by atoms with Gasteiger partial charge in [-0.3, -0.25) is 0 Å². The molecular weight excluding hydrogens is 711 g/mol. The molecule has 0 N–H and O–H groups in total. The van der Waals surface area contributed by atoms with Crippen LogP contribution < -0.4 is 4.74 Å². The summed E-state index contributed by atoms with van der Waals surface area (Å²) in [4.78, 5) is 15.6. The van der Waals surface area contributed by atoms with Gasteiger partial charge < -0.3 is 9.15 Å². The van der Waals surface area contributed by atoms with Gasteiger partial charge in [0.25, 0.3) is 0 Å². The number of hydrogen-bond acceptors (Lipinski definition) is 5. The SMILES string of the molecule is c1ccc(-c2ccc3cc(-c4nc(-c5ccc6c(c5)Oc5ccc(-c7ccccc7)c7cccc-6c57)nc(-c5cccc6oc7ccccc7c56)n4)ccc3c2)cc1. The Bertz CT molecular complexity index is 3430. The lowest BCUT2D eigenvalue weighted by molar-refractivity contribution is 0.487. The quantitative estimate of drug-likeness (QED) is 0.176. The van der Waals surface area contributed by atoms with Gasteiger partial charge in [0.2, 0.25) is 0 Å². The van der Waals surface area contributed by atoms with Crippen molar-refractivity contribution in [3.05, 3.63) is 188 Å². The number of aromatic nitrogens is 3. The summed E-state index contributed by atoms with van der Waals surface area (Å²) in [5.41, 5.74) is 11.1. The minimum absolute atomic E-state index is 0.555. The number of hydrogen-bond donors (Lipinski definition) is 0. The van der Waals surface area contributed by atoms with E-state index in [-0.39, 0.29) is 0 Å². The third-order valence-electron chi connectivity index (χ3n) is 11.3. The highest BCUT2D eigenvalue weighted by Crippen LogP contribution is 2.49. The van der Waals surface area contributed by atoms with Gasteiger partial charge in [-0.25, -0.2) is 15.0 Å². The van der Waals surface area contributed by atoms with E-state index in [0.717, 1.165) is 82.8 Å². The largest absolute Gasteiger partial charge is 0.456 e. The van der Waals surface area contributed by atoms with Gasteiger partial charge in [-0.15, -0.1) is 0 Å². The van der Waals surface area contributed by atoms with Crippen LogP contribution in [-0.2, 0) is 0 Å².